The Balaban J connectivity index is 2.06. The van der Waals surface area contributed by atoms with E-state index in [0.717, 1.165) is 37.4 Å². The smallest absolute Gasteiger partial charge is 0.304 e. The lowest BCUT2D eigenvalue weighted by atomic mass is 10.0. The minimum absolute atomic E-state index is 0.0880. The number of carbonyl (C=O) groups is 2. The Morgan fingerprint density at radius 1 is 0.921 bits per heavy atom. The Hall–Kier alpha value is -3.76. The topological polar surface area (TPSA) is 90.0 Å². The highest BCUT2D eigenvalue weighted by molar-refractivity contribution is 7.90. The van der Waals surface area contributed by atoms with Gasteiger partial charge in [0.05, 0.1) is 5.69 Å². The average molecular weight is 541 g/mol. The number of aryl methyl sites for hydroxylation is 1. The number of benzene rings is 3. The molecule has 0 aliphatic carbocycles. The quantitative estimate of drug-likeness (QED) is 0.405. The molecule has 1 atom stereocenters. The van der Waals surface area contributed by atoms with E-state index >= 15 is 0 Å². The van der Waals surface area contributed by atoms with Crippen molar-refractivity contribution < 1.29 is 22.4 Å². The van der Waals surface area contributed by atoms with Crippen LogP contribution in [-0.2, 0) is 32.8 Å². The molecule has 0 saturated heterocycles. The van der Waals surface area contributed by atoms with Crippen LogP contribution in [0.1, 0.15) is 16.7 Å². The normalized spacial score (nSPS) is 12.2. The van der Waals surface area contributed by atoms with Gasteiger partial charge in [-0.3, -0.25) is 9.59 Å². The molecule has 0 heterocycles. The first-order valence-corrected chi connectivity index (χ1v) is 13.5. The molecular formula is C28H33FN4O4S. The van der Waals surface area contributed by atoms with Crippen molar-refractivity contribution in [1.82, 2.24) is 14.5 Å². The van der Waals surface area contributed by atoms with Crippen LogP contribution in [-0.4, -0.2) is 63.2 Å². The van der Waals surface area contributed by atoms with Gasteiger partial charge in [-0.25, -0.2) is 8.70 Å². The van der Waals surface area contributed by atoms with Crippen molar-refractivity contribution >= 4 is 27.7 Å². The van der Waals surface area contributed by atoms with Crippen LogP contribution in [0.5, 0.6) is 0 Å². The standard InChI is InChI=1S/C28H33FN4O4S/c1-21-9-8-12-23(17-21)19-32(26(28(35)30-2)18-22-10-6-5-7-11-22)27(34)20-33(38(36,37)31(3)4)25-15-13-24(29)14-16-25/h5-17,26H,18-20H2,1-4H3,(H,30,35). The molecule has 0 radical (unpaired) electrons. The van der Waals surface area contributed by atoms with Crippen molar-refractivity contribution in [2.45, 2.75) is 25.9 Å². The third-order valence-electron chi connectivity index (χ3n) is 6.09. The number of hydrogen-bond acceptors (Lipinski definition) is 4. The summed E-state index contributed by atoms with van der Waals surface area (Å²) in [4.78, 5) is 28.5. The number of halogens is 1. The predicted molar refractivity (Wildman–Crippen MR) is 146 cm³/mol. The lowest BCUT2D eigenvalue weighted by Gasteiger charge is -2.34. The van der Waals surface area contributed by atoms with Crippen molar-refractivity contribution in [3.8, 4) is 0 Å². The number of carbonyl (C=O) groups excluding carboxylic acids is 2. The van der Waals surface area contributed by atoms with Gasteiger partial charge in [-0.1, -0.05) is 60.2 Å². The zero-order valence-electron chi connectivity index (χ0n) is 22.0. The Morgan fingerprint density at radius 2 is 1.55 bits per heavy atom. The zero-order valence-corrected chi connectivity index (χ0v) is 22.8. The van der Waals surface area contributed by atoms with E-state index < -0.39 is 34.5 Å². The zero-order chi connectivity index (χ0) is 27.9. The van der Waals surface area contributed by atoms with Crippen molar-refractivity contribution in [3.05, 3.63) is 101 Å². The van der Waals surface area contributed by atoms with Crippen molar-refractivity contribution in [2.75, 3.05) is 32.0 Å². The van der Waals surface area contributed by atoms with Gasteiger partial charge >= 0.3 is 10.2 Å². The van der Waals surface area contributed by atoms with Crippen molar-refractivity contribution in [1.29, 1.82) is 0 Å². The molecule has 3 aromatic rings. The van der Waals surface area contributed by atoms with Gasteiger partial charge in [0.1, 0.15) is 18.4 Å². The molecule has 1 unspecified atom stereocenters. The maximum atomic E-state index is 14.0. The summed E-state index contributed by atoms with van der Waals surface area (Å²) in [6.07, 6.45) is 0.231. The van der Waals surface area contributed by atoms with Crippen LogP contribution in [0.2, 0.25) is 0 Å². The first-order valence-electron chi connectivity index (χ1n) is 12.1. The van der Waals surface area contributed by atoms with E-state index in [1.807, 2.05) is 61.5 Å². The fourth-order valence-electron chi connectivity index (χ4n) is 4.05. The number of nitrogens with zero attached hydrogens (tertiary/aromatic N) is 3. The van der Waals surface area contributed by atoms with E-state index in [9.17, 15) is 22.4 Å². The summed E-state index contributed by atoms with van der Waals surface area (Å²) in [5, 5.41) is 2.64. The molecule has 0 aliphatic rings. The molecule has 10 heteroatoms. The summed E-state index contributed by atoms with van der Waals surface area (Å²) < 4.78 is 42.0. The fraction of sp³-hybridized carbons (Fsp3) is 0.286. The number of likely N-dealkylation sites (N-methyl/N-ethyl adjacent to an activating group) is 1. The highest BCUT2D eigenvalue weighted by Crippen LogP contribution is 2.22. The molecule has 0 bridgehead atoms. The van der Waals surface area contributed by atoms with E-state index in [-0.39, 0.29) is 24.6 Å². The van der Waals surface area contributed by atoms with E-state index in [1.54, 1.807) is 0 Å². The molecule has 0 aliphatic heterocycles. The van der Waals surface area contributed by atoms with Gasteiger partial charge in [0, 0.05) is 34.1 Å². The van der Waals surface area contributed by atoms with Gasteiger partial charge < -0.3 is 10.2 Å². The summed E-state index contributed by atoms with van der Waals surface area (Å²) in [6, 6.07) is 20.8. The number of rotatable bonds is 11. The first-order chi connectivity index (χ1) is 18.0. The molecule has 0 aromatic heterocycles. The fourth-order valence-corrected chi connectivity index (χ4v) is 5.11. The van der Waals surface area contributed by atoms with Crippen LogP contribution in [0.3, 0.4) is 0 Å². The minimum Gasteiger partial charge on any atom is -0.357 e. The third kappa shape index (κ3) is 7.17. The van der Waals surface area contributed by atoms with E-state index in [4.69, 9.17) is 0 Å². The number of amides is 2. The van der Waals surface area contributed by atoms with Crippen LogP contribution < -0.4 is 9.62 Å². The van der Waals surface area contributed by atoms with Gasteiger partial charge in [0.25, 0.3) is 0 Å². The number of nitrogens with one attached hydrogen (secondary N) is 1. The number of anilines is 1. The van der Waals surface area contributed by atoms with Gasteiger partial charge in [0.2, 0.25) is 11.8 Å². The highest BCUT2D eigenvalue weighted by Gasteiger charge is 2.34. The van der Waals surface area contributed by atoms with Crippen molar-refractivity contribution in [3.63, 3.8) is 0 Å². The second-order valence-electron chi connectivity index (χ2n) is 9.10. The molecule has 3 rings (SSSR count). The number of hydrogen-bond donors (Lipinski definition) is 1. The second-order valence-corrected chi connectivity index (χ2v) is 11.2. The van der Waals surface area contributed by atoms with Crippen LogP contribution in [0.25, 0.3) is 0 Å². The van der Waals surface area contributed by atoms with E-state index in [0.29, 0.717) is 0 Å². The van der Waals surface area contributed by atoms with Crippen LogP contribution in [0, 0.1) is 12.7 Å². The summed E-state index contributed by atoms with van der Waals surface area (Å²) in [5.41, 5.74) is 2.75. The molecular weight excluding hydrogens is 507 g/mol. The molecule has 3 aromatic carbocycles. The Morgan fingerprint density at radius 3 is 2.13 bits per heavy atom. The van der Waals surface area contributed by atoms with Gasteiger partial charge in [-0.05, 0) is 42.3 Å². The highest BCUT2D eigenvalue weighted by atomic mass is 32.2. The van der Waals surface area contributed by atoms with Crippen LogP contribution >= 0.6 is 0 Å². The molecule has 1 N–H and O–H groups in total. The third-order valence-corrected chi connectivity index (χ3v) is 7.91. The summed E-state index contributed by atoms with van der Waals surface area (Å²) in [6.45, 7) is 1.43. The van der Waals surface area contributed by atoms with Gasteiger partial charge in [0.15, 0.2) is 0 Å². The van der Waals surface area contributed by atoms with Crippen LogP contribution in [0.15, 0.2) is 78.9 Å². The first kappa shape index (κ1) is 28.8. The van der Waals surface area contributed by atoms with Crippen LogP contribution in [0.4, 0.5) is 10.1 Å². The van der Waals surface area contributed by atoms with Gasteiger partial charge in [-0.15, -0.1) is 0 Å². The monoisotopic (exact) mass is 540 g/mol. The molecule has 2 amide bonds. The lowest BCUT2D eigenvalue weighted by molar-refractivity contribution is -0.139. The maximum Gasteiger partial charge on any atom is 0.304 e. The minimum atomic E-state index is -4.13. The Kier molecular flexibility index (Phi) is 9.60. The molecule has 0 fully saturated rings. The molecule has 0 spiro atoms. The maximum absolute atomic E-state index is 14.0. The molecule has 38 heavy (non-hydrogen) atoms. The van der Waals surface area contributed by atoms with Gasteiger partial charge in [-0.2, -0.15) is 12.7 Å². The Labute approximate surface area is 223 Å². The SMILES string of the molecule is CNC(=O)C(Cc1ccccc1)N(Cc1cccc(C)c1)C(=O)CN(c1ccc(F)cc1)S(=O)(=O)N(C)C. The summed E-state index contributed by atoms with van der Waals surface area (Å²) in [7, 11) is 0.0713. The molecule has 8 nitrogen and oxygen atoms in total. The molecule has 0 saturated carbocycles. The molecule has 202 valence electrons. The largest absolute Gasteiger partial charge is 0.357 e. The van der Waals surface area contributed by atoms with E-state index in [2.05, 4.69) is 5.32 Å². The lowest BCUT2D eigenvalue weighted by Crippen LogP contribution is -2.53. The summed E-state index contributed by atoms with van der Waals surface area (Å²) in [5.74, 6) is -1.49. The predicted octanol–water partition coefficient (Wildman–Crippen LogP) is 3.13. The average Bonchev–Trinajstić information content (AvgIpc) is 2.89. The summed E-state index contributed by atoms with van der Waals surface area (Å²) >= 11 is 0. The Bertz CT molecular complexity index is 1350. The van der Waals surface area contributed by atoms with E-state index in [1.165, 1.54) is 38.2 Å². The second kappa shape index (κ2) is 12.7. The van der Waals surface area contributed by atoms with Crippen molar-refractivity contribution in [2.24, 2.45) is 0 Å².